The van der Waals surface area contributed by atoms with Crippen LogP contribution in [-0.2, 0) is 0 Å². The van der Waals surface area contributed by atoms with Crippen LogP contribution < -0.4 is 0 Å². The zero-order chi connectivity index (χ0) is 8.43. The predicted octanol–water partition coefficient (Wildman–Crippen LogP) is 3.41. The Bertz CT molecular complexity index is 182. The van der Waals surface area contributed by atoms with E-state index in [-0.39, 0.29) is 0 Å². The maximum Gasteiger partial charge on any atom is 0.000856 e. The van der Waals surface area contributed by atoms with E-state index in [1.807, 2.05) is 0 Å². The molecule has 0 heterocycles. The third kappa shape index (κ3) is 1.74. The maximum atomic E-state index is 2.32. The lowest BCUT2D eigenvalue weighted by Gasteiger charge is -2.20. The van der Waals surface area contributed by atoms with Gasteiger partial charge in [-0.1, -0.05) is 51.5 Å². The summed E-state index contributed by atoms with van der Waals surface area (Å²) < 4.78 is 0. The monoisotopic (exact) mass is 150 g/mol. The van der Waals surface area contributed by atoms with Crippen molar-refractivity contribution in [2.75, 3.05) is 0 Å². The minimum Gasteiger partial charge on any atom is -0.0771 e. The number of hydrogen-bond donors (Lipinski definition) is 0. The van der Waals surface area contributed by atoms with E-state index in [2.05, 4.69) is 45.9 Å². The highest BCUT2D eigenvalue weighted by molar-refractivity contribution is 5.29. The van der Waals surface area contributed by atoms with Gasteiger partial charge in [-0.25, -0.2) is 0 Å². The molecule has 0 radical (unpaired) electrons. The van der Waals surface area contributed by atoms with Gasteiger partial charge in [0.2, 0.25) is 0 Å². The van der Waals surface area contributed by atoms with Crippen LogP contribution in [0.25, 0.3) is 0 Å². The standard InChI is InChI=1S/C11H18/c1-8(2)10-6-5-7-11(10)9(3)4/h5-10H,1-4H3. The average Bonchev–Trinajstić information content (AvgIpc) is 2.32. The summed E-state index contributed by atoms with van der Waals surface area (Å²) in [6.07, 6.45) is 6.79. The summed E-state index contributed by atoms with van der Waals surface area (Å²) in [6.45, 7) is 9.12. The van der Waals surface area contributed by atoms with E-state index < -0.39 is 0 Å². The van der Waals surface area contributed by atoms with E-state index in [0.29, 0.717) is 11.8 Å². The van der Waals surface area contributed by atoms with Gasteiger partial charge in [0.05, 0.1) is 0 Å². The van der Waals surface area contributed by atoms with Crippen molar-refractivity contribution in [3.05, 3.63) is 23.8 Å². The second-order valence-electron chi connectivity index (χ2n) is 3.98. The molecule has 1 atom stereocenters. The van der Waals surface area contributed by atoms with Crippen molar-refractivity contribution in [2.24, 2.45) is 17.8 Å². The highest BCUT2D eigenvalue weighted by atomic mass is 14.2. The molecular formula is C11H18. The minimum absolute atomic E-state index is 0.704. The van der Waals surface area contributed by atoms with Gasteiger partial charge in [-0.3, -0.25) is 0 Å². The molecule has 0 fully saturated rings. The molecule has 0 heteroatoms. The Balaban J connectivity index is 2.69. The lowest BCUT2D eigenvalue weighted by molar-refractivity contribution is 0.491. The summed E-state index contributed by atoms with van der Waals surface area (Å²) in [7, 11) is 0. The Morgan fingerprint density at radius 1 is 1.18 bits per heavy atom. The summed E-state index contributed by atoms with van der Waals surface area (Å²) in [6, 6.07) is 0. The van der Waals surface area contributed by atoms with Crippen LogP contribution in [0.15, 0.2) is 23.8 Å². The molecule has 0 saturated heterocycles. The fourth-order valence-electron chi connectivity index (χ4n) is 1.69. The second kappa shape index (κ2) is 3.25. The minimum atomic E-state index is 0.704. The van der Waals surface area contributed by atoms with Crippen molar-refractivity contribution in [1.29, 1.82) is 0 Å². The maximum absolute atomic E-state index is 2.32. The van der Waals surface area contributed by atoms with Crippen molar-refractivity contribution in [3.8, 4) is 0 Å². The summed E-state index contributed by atoms with van der Waals surface area (Å²) >= 11 is 0. The SMILES string of the molecule is CC(C)C1=CC=CC1C(C)C. The third-order valence-corrected chi connectivity index (χ3v) is 2.38. The first kappa shape index (κ1) is 8.58. The molecule has 0 aliphatic heterocycles. The van der Waals surface area contributed by atoms with Crippen LogP contribution in [-0.4, -0.2) is 0 Å². The normalized spacial score (nSPS) is 23.5. The number of hydrogen-bond acceptors (Lipinski definition) is 0. The van der Waals surface area contributed by atoms with Crippen LogP contribution in [0.3, 0.4) is 0 Å². The smallest absolute Gasteiger partial charge is 0.000856 e. The van der Waals surface area contributed by atoms with Gasteiger partial charge in [0.1, 0.15) is 0 Å². The van der Waals surface area contributed by atoms with Crippen molar-refractivity contribution >= 4 is 0 Å². The number of rotatable bonds is 2. The largest absolute Gasteiger partial charge is 0.0771 e. The van der Waals surface area contributed by atoms with Crippen LogP contribution >= 0.6 is 0 Å². The molecule has 1 aliphatic carbocycles. The molecule has 0 aromatic heterocycles. The lowest BCUT2D eigenvalue weighted by atomic mass is 9.85. The predicted molar refractivity (Wildman–Crippen MR) is 50.4 cm³/mol. The van der Waals surface area contributed by atoms with Gasteiger partial charge < -0.3 is 0 Å². The molecule has 0 aromatic rings. The average molecular weight is 150 g/mol. The van der Waals surface area contributed by atoms with Crippen LogP contribution in [0, 0.1) is 17.8 Å². The van der Waals surface area contributed by atoms with Gasteiger partial charge in [-0.05, 0) is 11.8 Å². The summed E-state index contributed by atoms with van der Waals surface area (Å²) in [4.78, 5) is 0. The summed E-state index contributed by atoms with van der Waals surface area (Å²) in [5.74, 6) is 2.16. The molecule has 0 amide bonds. The third-order valence-electron chi connectivity index (χ3n) is 2.38. The van der Waals surface area contributed by atoms with Gasteiger partial charge >= 0.3 is 0 Å². The van der Waals surface area contributed by atoms with E-state index in [1.165, 1.54) is 0 Å². The van der Waals surface area contributed by atoms with Crippen molar-refractivity contribution in [1.82, 2.24) is 0 Å². The van der Waals surface area contributed by atoms with Crippen LogP contribution in [0.5, 0.6) is 0 Å². The molecule has 11 heavy (non-hydrogen) atoms. The van der Waals surface area contributed by atoms with E-state index >= 15 is 0 Å². The Hall–Kier alpha value is -0.520. The van der Waals surface area contributed by atoms with Crippen molar-refractivity contribution in [2.45, 2.75) is 27.7 Å². The zero-order valence-electron chi connectivity index (χ0n) is 7.96. The Labute approximate surface area is 70.0 Å². The van der Waals surface area contributed by atoms with Gasteiger partial charge in [-0.15, -0.1) is 0 Å². The van der Waals surface area contributed by atoms with E-state index in [9.17, 15) is 0 Å². The fourth-order valence-corrected chi connectivity index (χ4v) is 1.69. The van der Waals surface area contributed by atoms with Gasteiger partial charge in [0.25, 0.3) is 0 Å². The van der Waals surface area contributed by atoms with E-state index in [0.717, 1.165) is 5.92 Å². The van der Waals surface area contributed by atoms with Crippen LogP contribution in [0.1, 0.15) is 27.7 Å². The van der Waals surface area contributed by atoms with Crippen molar-refractivity contribution < 1.29 is 0 Å². The molecule has 1 aliphatic rings. The highest BCUT2D eigenvalue weighted by Crippen LogP contribution is 2.31. The van der Waals surface area contributed by atoms with Gasteiger partial charge in [0, 0.05) is 5.92 Å². The molecule has 0 nitrogen and oxygen atoms in total. The Morgan fingerprint density at radius 2 is 1.82 bits per heavy atom. The van der Waals surface area contributed by atoms with Gasteiger partial charge in [-0.2, -0.15) is 0 Å². The van der Waals surface area contributed by atoms with Crippen LogP contribution in [0.2, 0.25) is 0 Å². The van der Waals surface area contributed by atoms with Crippen molar-refractivity contribution in [3.63, 3.8) is 0 Å². The van der Waals surface area contributed by atoms with Crippen LogP contribution in [0.4, 0.5) is 0 Å². The first-order chi connectivity index (χ1) is 5.13. The second-order valence-corrected chi connectivity index (χ2v) is 3.98. The van der Waals surface area contributed by atoms with E-state index in [1.54, 1.807) is 5.57 Å². The Kier molecular flexibility index (Phi) is 2.53. The topological polar surface area (TPSA) is 0 Å². The molecule has 62 valence electrons. The molecule has 0 N–H and O–H groups in total. The summed E-state index contributed by atoms with van der Waals surface area (Å²) in [5, 5.41) is 0. The molecule has 0 bridgehead atoms. The molecule has 0 aromatic carbocycles. The fraction of sp³-hybridized carbons (Fsp3) is 0.636. The summed E-state index contributed by atoms with van der Waals surface area (Å²) in [5.41, 5.74) is 1.60. The van der Waals surface area contributed by atoms with E-state index in [4.69, 9.17) is 0 Å². The first-order valence-corrected chi connectivity index (χ1v) is 4.51. The molecule has 0 saturated carbocycles. The molecule has 0 spiro atoms. The quantitative estimate of drug-likeness (QED) is 0.566. The zero-order valence-corrected chi connectivity index (χ0v) is 7.96. The van der Waals surface area contributed by atoms with Gasteiger partial charge in [0.15, 0.2) is 0 Å². The lowest BCUT2D eigenvalue weighted by Crippen LogP contribution is -2.10. The molecule has 1 rings (SSSR count). The number of allylic oxidation sites excluding steroid dienone is 4. The first-order valence-electron chi connectivity index (χ1n) is 4.51. The molecule has 1 unspecified atom stereocenters. The molecular weight excluding hydrogens is 132 g/mol. The Morgan fingerprint density at radius 3 is 2.18 bits per heavy atom. The highest BCUT2D eigenvalue weighted by Gasteiger charge is 2.19.